The molecule has 0 fully saturated rings. The van der Waals surface area contributed by atoms with Gasteiger partial charge in [0, 0.05) is 36.1 Å². The molecule has 0 saturated heterocycles. The molecule has 1 N–H and O–H groups in total. The summed E-state index contributed by atoms with van der Waals surface area (Å²) in [6, 6.07) is 10.9. The maximum atomic E-state index is 13.0. The predicted octanol–water partition coefficient (Wildman–Crippen LogP) is 4.05. The average molecular weight is 381 g/mol. The number of amides is 2. The highest BCUT2D eigenvalue weighted by Gasteiger charge is 2.09. The lowest BCUT2D eigenvalue weighted by Crippen LogP contribution is -2.21. The Bertz CT molecular complexity index is 766. The molecule has 7 heteroatoms. The standard InChI is InChI=1S/C18H18ClFN2O2S/c1-22(2)18(24)12-4-7-15(8-5-12)21-17(23)11-25-10-13-3-6-14(20)9-16(13)19/h3-9H,10-11H2,1-2H3,(H,21,23). The van der Waals surface area contributed by atoms with Gasteiger partial charge in [-0.2, -0.15) is 0 Å². The molecule has 0 aromatic heterocycles. The minimum atomic E-state index is -0.382. The highest BCUT2D eigenvalue weighted by Crippen LogP contribution is 2.22. The Morgan fingerprint density at radius 3 is 2.44 bits per heavy atom. The van der Waals surface area contributed by atoms with E-state index in [2.05, 4.69) is 5.32 Å². The van der Waals surface area contributed by atoms with Crippen LogP contribution in [0, 0.1) is 5.82 Å². The zero-order valence-electron chi connectivity index (χ0n) is 13.9. The van der Waals surface area contributed by atoms with Gasteiger partial charge in [-0.3, -0.25) is 9.59 Å². The Balaban J connectivity index is 1.83. The molecule has 2 rings (SSSR count). The summed E-state index contributed by atoms with van der Waals surface area (Å²) in [5, 5.41) is 3.13. The quantitative estimate of drug-likeness (QED) is 0.822. The Labute approximate surface area is 155 Å². The molecule has 132 valence electrons. The van der Waals surface area contributed by atoms with Crippen molar-refractivity contribution in [2.75, 3.05) is 25.2 Å². The normalized spacial score (nSPS) is 10.4. The van der Waals surface area contributed by atoms with Gasteiger partial charge in [-0.25, -0.2) is 4.39 Å². The SMILES string of the molecule is CN(C)C(=O)c1ccc(NC(=O)CSCc2ccc(F)cc2Cl)cc1. The van der Waals surface area contributed by atoms with Crippen LogP contribution in [0.4, 0.5) is 10.1 Å². The second-order valence-electron chi connectivity index (χ2n) is 5.55. The van der Waals surface area contributed by atoms with Gasteiger partial charge in [0.2, 0.25) is 5.91 Å². The van der Waals surface area contributed by atoms with Crippen LogP contribution in [0.15, 0.2) is 42.5 Å². The number of halogens is 2. The minimum absolute atomic E-state index is 0.0930. The van der Waals surface area contributed by atoms with Crippen molar-refractivity contribution in [2.45, 2.75) is 5.75 Å². The lowest BCUT2D eigenvalue weighted by atomic mass is 10.2. The molecule has 0 heterocycles. The summed E-state index contributed by atoms with van der Waals surface area (Å²) in [4.78, 5) is 25.3. The van der Waals surface area contributed by atoms with Crippen LogP contribution in [0.3, 0.4) is 0 Å². The van der Waals surface area contributed by atoms with Gasteiger partial charge in [-0.05, 0) is 42.0 Å². The van der Waals surface area contributed by atoms with E-state index in [1.54, 1.807) is 44.4 Å². The molecule has 0 aliphatic heterocycles. The maximum absolute atomic E-state index is 13.0. The van der Waals surface area contributed by atoms with E-state index in [9.17, 15) is 14.0 Å². The summed E-state index contributed by atoms with van der Waals surface area (Å²) in [5.74, 6) is 0.127. The van der Waals surface area contributed by atoms with E-state index in [1.807, 2.05) is 0 Å². The van der Waals surface area contributed by atoms with Crippen LogP contribution in [0.1, 0.15) is 15.9 Å². The van der Waals surface area contributed by atoms with Crippen LogP contribution in [0.2, 0.25) is 5.02 Å². The van der Waals surface area contributed by atoms with E-state index in [0.29, 0.717) is 22.0 Å². The summed E-state index contributed by atoms with van der Waals surface area (Å²) in [7, 11) is 3.37. The molecule has 2 aromatic rings. The van der Waals surface area contributed by atoms with E-state index in [0.717, 1.165) is 5.56 Å². The molecule has 0 unspecified atom stereocenters. The summed E-state index contributed by atoms with van der Waals surface area (Å²) in [6.07, 6.45) is 0. The van der Waals surface area contributed by atoms with Crippen molar-refractivity contribution in [3.05, 3.63) is 64.4 Å². The highest BCUT2D eigenvalue weighted by atomic mass is 35.5. The molecule has 0 spiro atoms. The van der Waals surface area contributed by atoms with Gasteiger partial charge in [-0.1, -0.05) is 17.7 Å². The molecule has 2 aromatic carbocycles. The van der Waals surface area contributed by atoms with Crippen LogP contribution < -0.4 is 5.32 Å². The summed E-state index contributed by atoms with van der Waals surface area (Å²) >= 11 is 7.34. The molecule has 0 radical (unpaired) electrons. The Morgan fingerprint density at radius 2 is 1.84 bits per heavy atom. The van der Waals surface area contributed by atoms with Gasteiger partial charge >= 0.3 is 0 Å². The van der Waals surface area contributed by atoms with Crippen molar-refractivity contribution in [2.24, 2.45) is 0 Å². The van der Waals surface area contributed by atoms with Crippen LogP contribution in [-0.4, -0.2) is 36.6 Å². The number of anilines is 1. The third-order valence-corrected chi connectivity index (χ3v) is 4.66. The lowest BCUT2D eigenvalue weighted by molar-refractivity contribution is -0.113. The third-order valence-electron chi connectivity index (χ3n) is 3.33. The number of rotatable bonds is 6. The fourth-order valence-electron chi connectivity index (χ4n) is 2.04. The van der Waals surface area contributed by atoms with Crippen molar-refractivity contribution in [1.82, 2.24) is 4.90 Å². The van der Waals surface area contributed by atoms with Crippen molar-refractivity contribution in [1.29, 1.82) is 0 Å². The molecule has 0 aliphatic rings. The minimum Gasteiger partial charge on any atom is -0.345 e. The van der Waals surface area contributed by atoms with Crippen molar-refractivity contribution in [3.8, 4) is 0 Å². The van der Waals surface area contributed by atoms with Gasteiger partial charge in [-0.15, -0.1) is 11.8 Å². The number of nitrogens with zero attached hydrogens (tertiary/aromatic N) is 1. The third kappa shape index (κ3) is 5.76. The molecule has 4 nitrogen and oxygen atoms in total. The number of benzene rings is 2. The molecule has 0 bridgehead atoms. The van der Waals surface area contributed by atoms with Crippen molar-refractivity contribution >= 4 is 40.9 Å². The molecule has 25 heavy (non-hydrogen) atoms. The van der Waals surface area contributed by atoms with Crippen LogP contribution in [0.25, 0.3) is 0 Å². The first-order valence-corrected chi connectivity index (χ1v) is 9.03. The van der Waals surface area contributed by atoms with E-state index in [1.165, 1.54) is 28.8 Å². The fraction of sp³-hybridized carbons (Fsp3) is 0.222. The largest absolute Gasteiger partial charge is 0.345 e. The summed E-state index contributed by atoms with van der Waals surface area (Å²) in [6.45, 7) is 0. The zero-order valence-corrected chi connectivity index (χ0v) is 15.5. The Hall–Kier alpha value is -2.05. The monoisotopic (exact) mass is 380 g/mol. The van der Waals surface area contributed by atoms with Gasteiger partial charge in [0.15, 0.2) is 0 Å². The average Bonchev–Trinajstić information content (AvgIpc) is 2.57. The summed E-state index contributed by atoms with van der Waals surface area (Å²) < 4.78 is 13.0. The van der Waals surface area contributed by atoms with Crippen LogP contribution in [0.5, 0.6) is 0 Å². The van der Waals surface area contributed by atoms with Crippen LogP contribution >= 0.6 is 23.4 Å². The number of nitrogens with one attached hydrogen (secondary N) is 1. The van der Waals surface area contributed by atoms with Gasteiger partial charge in [0.1, 0.15) is 5.82 Å². The Kier molecular flexibility index (Phi) is 6.84. The number of carbonyl (C=O) groups is 2. The molecule has 0 saturated carbocycles. The van der Waals surface area contributed by atoms with E-state index in [-0.39, 0.29) is 23.4 Å². The second-order valence-corrected chi connectivity index (χ2v) is 6.95. The van der Waals surface area contributed by atoms with E-state index in [4.69, 9.17) is 11.6 Å². The van der Waals surface area contributed by atoms with Crippen molar-refractivity contribution < 1.29 is 14.0 Å². The zero-order chi connectivity index (χ0) is 18.4. The smallest absolute Gasteiger partial charge is 0.253 e. The number of hydrogen-bond donors (Lipinski definition) is 1. The molecule has 0 aliphatic carbocycles. The predicted molar refractivity (Wildman–Crippen MR) is 101 cm³/mol. The van der Waals surface area contributed by atoms with Gasteiger partial charge in [0.25, 0.3) is 5.91 Å². The molecular weight excluding hydrogens is 363 g/mol. The highest BCUT2D eigenvalue weighted by molar-refractivity contribution is 7.99. The van der Waals surface area contributed by atoms with E-state index < -0.39 is 0 Å². The van der Waals surface area contributed by atoms with Crippen molar-refractivity contribution in [3.63, 3.8) is 0 Å². The number of thioether (sulfide) groups is 1. The first-order valence-electron chi connectivity index (χ1n) is 7.50. The topological polar surface area (TPSA) is 49.4 Å². The first kappa shape index (κ1) is 19.3. The molecular formula is C18H18ClFN2O2S. The summed E-state index contributed by atoms with van der Waals surface area (Å²) in [5.41, 5.74) is 1.97. The maximum Gasteiger partial charge on any atom is 0.253 e. The number of carbonyl (C=O) groups excluding carboxylic acids is 2. The first-order chi connectivity index (χ1) is 11.9. The Morgan fingerprint density at radius 1 is 1.16 bits per heavy atom. The van der Waals surface area contributed by atoms with E-state index >= 15 is 0 Å². The van der Waals surface area contributed by atoms with Crippen LogP contribution in [-0.2, 0) is 10.5 Å². The molecule has 0 atom stereocenters. The molecule has 2 amide bonds. The van der Waals surface area contributed by atoms with Gasteiger partial charge in [0.05, 0.1) is 5.75 Å². The lowest BCUT2D eigenvalue weighted by Gasteiger charge is -2.11. The number of hydrogen-bond acceptors (Lipinski definition) is 3. The fourth-order valence-corrected chi connectivity index (χ4v) is 3.19. The second kappa shape index (κ2) is 8.87. The van der Waals surface area contributed by atoms with Gasteiger partial charge < -0.3 is 10.2 Å².